The predicted molar refractivity (Wildman–Crippen MR) is 90.6 cm³/mol. The Morgan fingerprint density at radius 1 is 0.650 bits per heavy atom. The maximum atomic E-state index is 3.87. The Morgan fingerprint density at radius 3 is 1.50 bits per heavy atom. The Balaban J connectivity index is -0.00000144. The molecule has 0 aliphatic heterocycles. The van der Waals surface area contributed by atoms with Crippen molar-refractivity contribution in [3.8, 4) is 0 Å². The van der Waals surface area contributed by atoms with E-state index >= 15 is 0 Å². The standard InChI is InChI=1S/C18H35.BrH.Mg/c1-3-5-7-9-11-13-15-17-18-16-14-12-10-8-6-4-2;;/h17-18H,1,3-16H2,2H3;1H;/q-1;;+2/p-1/b18-17-;;. The minimum Gasteiger partial charge on any atom is -1.00 e. The molecule has 0 amide bonds. The zero-order valence-corrected chi connectivity index (χ0v) is 16.8. The molecule has 0 saturated heterocycles. The molecule has 0 unspecified atom stereocenters. The first kappa shape index (κ1) is 25.9. The van der Waals surface area contributed by atoms with E-state index in [-0.39, 0.29) is 40.0 Å². The molecule has 0 aromatic carbocycles. The summed E-state index contributed by atoms with van der Waals surface area (Å²) in [6.07, 6.45) is 23.8. The van der Waals surface area contributed by atoms with Crippen molar-refractivity contribution in [2.75, 3.05) is 0 Å². The van der Waals surface area contributed by atoms with Crippen LogP contribution < -0.4 is 17.0 Å². The summed E-state index contributed by atoms with van der Waals surface area (Å²) in [5, 5.41) is 0. The SMILES string of the molecule is [Br-].[CH2-]CCCCCCC/C=C\CCCCCCCC.[Mg+2]. The first-order valence-corrected chi connectivity index (χ1v) is 8.36. The summed E-state index contributed by atoms with van der Waals surface area (Å²) in [5.74, 6) is 0. The van der Waals surface area contributed by atoms with Crippen molar-refractivity contribution in [3.05, 3.63) is 19.1 Å². The van der Waals surface area contributed by atoms with Gasteiger partial charge in [0.15, 0.2) is 0 Å². The maximum absolute atomic E-state index is 3.87. The smallest absolute Gasteiger partial charge is 1.00 e. The maximum Gasteiger partial charge on any atom is 2.00 e. The fraction of sp³-hybridized carbons (Fsp3) is 0.833. The summed E-state index contributed by atoms with van der Waals surface area (Å²) in [6.45, 7) is 6.15. The molecule has 0 aliphatic carbocycles. The van der Waals surface area contributed by atoms with E-state index in [1.807, 2.05) is 0 Å². The monoisotopic (exact) mass is 354 g/mol. The van der Waals surface area contributed by atoms with Crippen LogP contribution in [0.3, 0.4) is 0 Å². The van der Waals surface area contributed by atoms with Crippen molar-refractivity contribution in [3.63, 3.8) is 0 Å². The number of allylic oxidation sites excluding steroid dienone is 2. The molecule has 0 spiro atoms. The van der Waals surface area contributed by atoms with Gasteiger partial charge in [0.25, 0.3) is 0 Å². The summed E-state index contributed by atoms with van der Waals surface area (Å²) in [6, 6.07) is 0. The number of rotatable bonds is 14. The molecular formula is C18H35BrMg. The summed E-state index contributed by atoms with van der Waals surface area (Å²) in [7, 11) is 0. The van der Waals surface area contributed by atoms with Crippen molar-refractivity contribution in [1.29, 1.82) is 0 Å². The third-order valence-corrected chi connectivity index (χ3v) is 3.51. The van der Waals surface area contributed by atoms with E-state index in [0.29, 0.717) is 0 Å². The molecule has 116 valence electrons. The zero-order valence-electron chi connectivity index (χ0n) is 13.8. The normalized spacial score (nSPS) is 10.3. The zero-order chi connectivity index (χ0) is 13.3. The van der Waals surface area contributed by atoms with Crippen molar-refractivity contribution in [1.82, 2.24) is 0 Å². The minimum absolute atomic E-state index is 0. The third kappa shape index (κ3) is 24.0. The summed E-state index contributed by atoms with van der Waals surface area (Å²) >= 11 is 0. The van der Waals surface area contributed by atoms with Gasteiger partial charge in [0.05, 0.1) is 0 Å². The van der Waals surface area contributed by atoms with Crippen molar-refractivity contribution in [2.24, 2.45) is 0 Å². The Morgan fingerprint density at radius 2 is 1.05 bits per heavy atom. The molecule has 0 bridgehead atoms. The molecule has 0 N–H and O–H groups in total. The van der Waals surface area contributed by atoms with Crippen LogP contribution in [-0.2, 0) is 0 Å². The molecule has 0 fully saturated rings. The Kier molecular flexibility index (Phi) is 32.4. The van der Waals surface area contributed by atoms with Crippen LogP contribution in [0.2, 0.25) is 0 Å². The number of hydrogen-bond donors (Lipinski definition) is 0. The van der Waals surface area contributed by atoms with Gasteiger partial charge in [0.1, 0.15) is 0 Å². The molecule has 0 atom stereocenters. The Labute approximate surface area is 155 Å². The molecule has 0 aliphatic rings. The first-order valence-electron chi connectivity index (χ1n) is 8.36. The molecule has 0 aromatic heterocycles. The van der Waals surface area contributed by atoms with Crippen LogP contribution in [-0.4, -0.2) is 23.1 Å². The average molecular weight is 356 g/mol. The van der Waals surface area contributed by atoms with E-state index < -0.39 is 0 Å². The average Bonchev–Trinajstić information content (AvgIpc) is 2.39. The molecule has 20 heavy (non-hydrogen) atoms. The second kappa shape index (κ2) is 25.0. The summed E-state index contributed by atoms with van der Waals surface area (Å²) in [4.78, 5) is 0. The molecule has 0 nitrogen and oxygen atoms in total. The fourth-order valence-corrected chi connectivity index (χ4v) is 2.25. The van der Waals surface area contributed by atoms with E-state index in [2.05, 4.69) is 26.0 Å². The van der Waals surface area contributed by atoms with Gasteiger partial charge in [-0.25, -0.2) is 0 Å². The van der Waals surface area contributed by atoms with Gasteiger partial charge in [-0.15, -0.1) is 0 Å². The quantitative estimate of drug-likeness (QED) is 0.194. The minimum atomic E-state index is 0. The van der Waals surface area contributed by atoms with Crippen LogP contribution in [0.1, 0.15) is 96.8 Å². The van der Waals surface area contributed by atoms with Gasteiger partial charge in [-0.2, -0.15) is 6.42 Å². The van der Waals surface area contributed by atoms with E-state index in [1.165, 1.54) is 83.5 Å². The van der Waals surface area contributed by atoms with Crippen molar-refractivity contribution in [2.45, 2.75) is 96.8 Å². The number of unbranched alkanes of at least 4 members (excludes halogenated alkanes) is 12. The van der Waals surface area contributed by atoms with Crippen molar-refractivity contribution >= 4 is 23.1 Å². The molecule has 0 rings (SSSR count). The van der Waals surface area contributed by atoms with Gasteiger partial charge in [-0.3, -0.25) is 0 Å². The van der Waals surface area contributed by atoms with E-state index in [9.17, 15) is 0 Å². The number of halogens is 1. The molecular weight excluding hydrogens is 320 g/mol. The number of hydrogen-bond acceptors (Lipinski definition) is 0. The summed E-state index contributed by atoms with van der Waals surface area (Å²) in [5.41, 5.74) is 0. The van der Waals surface area contributed by atoms with E-state index in [1.54, 1.807) is 0 Å². The third-order valence-electron chi connectivity index (χ3n) is 3.51. The van der Waals surface area contributed by atoms with Crippen LogP contribution in [0, 0.1) is 6.92 Å². The van der Waals surface area contributed by atoms with Gasteiger partial charge < -0.3 is 23.9 Å². The largest absolute Gasteiger partial charge is 2.00 e. The molecule has 0 aromatic rings. The van der Waals surface area contributed by atoms with Crippen LogP contribution in [0.5, 0.6) is 0 Å². The molecule has 0 heterocycles. The van der Waals surface area contributed by atoms with Crippen LogP contribution in [0.4, 0.5) is 0 Å². The van der Waals surface area contributed by atoms with E-state index in [4.69, 9.17) is 0 Å². The first-order chi connectivity index (χ1) is 8.91. The van der Waals surface area contributed by atoms with Crippen LogP contribution in [0.25, 0.3) is 0 Å². The van der Waals surface area contributed by atoms with Gasteiger partial charge in [-0.1, -0.05) is 76.9 Å². The second-order valence-electron chi connectivity index (χ2n) is 5.44. The van der Waals surface area contributed by atoms with Crippen molar-refractivity contribution < 1.29 is 17.0 Å². The molecule has 0 radical (unpaired) electrons. The van der Waals surface area contributed by atoms with E-state index in [0.717, 1.165) is 6.42 Å². The van der Waals surface area contributed by atoms with Gasteiger partial charge in [-0.05, 0) is 25.7 Å². The Hall–Kier alpha value is 0.986. The van der Waals surface area contributed by atoms with Crippen LogP contribution in [0.15, 0.2) is 12.2 Å². The fourth-order valence-electron chi connectivity index (χ4n) is 2.25. The Bertz CT molecular complexity index is 151. The topological polar surface area (TPSA) is 0 Å². The molecule has 2 heteroatoms. The van der Waals surface area contributed by atoms with Gasteiger partial charge in [0.2, 0.25) is 0 Å². The van der Waals surface area contributed by atoms with Crippen LogP contribution >= 0.6 is 0 Å². The second-order valence-corrected chi connectivity index (χ2v) is 5.44. The van der Waals surface area contributed by atoms with Gasteiger partial charge >= 0.3 is 23.1 Å². The predicted octanol–water partition coefficient (Wildman–Crippen LogP) is 3.48. The summed E-state index contributed by atoms with van der Waals surface area (Å²) < 4.78 is 0. The molecule has 0 saturated carbocycles. The van der Waals surface area contributed by atoms with Gasteiger partial charge in [0, 0.05) is 0 Å².